The Bertz CT molecular complexity index is 515. The van der Waals surface area contributed by atoms with Gasteiger partial charge < -0.3 is 5.73 Å². The van der Waals surface area contributed by atoms with Crippen LogP contribution in [0.25, 0.3) is 11.1 Å². The Hall–Kier alpha value is -2.16. The molecule has 1 aromatic heterocycles. The summed E-state index contributed by atoms with van der Waals surface area (Å²) >= 11 is 0. The van der Waals surface area contributed by atoms with Crippen molar-refractivity contribution in [1.29, 1.82) is 0 Å². The number of aryl methyl sites for hydroxylation is 1. The summed E-state index contributed by atoms with van der Waals surface area (Å²) in [5.41, 5.74) is 8.80. The number of carbonyl (C=O) groups excluding carboxylic acids is 1. The van der Waals surface area contributed by atoms with Gasteiger partial charge in [0.15, 0.2) is 0 Å². The first kappa shape index (κ1) is 11.3. The standard InChI is InChI=1S/C14H14N2O/c1-2-10-3-5-11(6-4-10)12-7-8-13(14(15)17)16-9-12/h3-9H,2H2,1H3,(H2,15,17). The van der Waals surface area contributed by atoms with E-state index < -0.39 is 5.91 Å². The SMILES string of the molecule is CCc1ccc(-c2ccc(C(N)=O)nc2)cc1. The molecule has 2 aromatic rings. The topological polar surface area (TPSA) is 56.0 Å². The molecule has 0 atom stereocenters. The number of carbonyl (C=O) groups is 1. The third kappa shape index (κ3) is 2.50. The molecular weight excluding hydrogens is 212 g/mol. The van der Waals surface area contributed by atoms with E-state index in [9.17, 15) is 4.79 Å². The van der Waals surface area contributed by atoms with Crippen molar-refractivity contribution in [3.63, 3.8) is 0 Å². The maximum absolute atomic E-state index is 10.9. The second-order valence-corrected chi connectivity index (χ2v) is 3.85. The minimum Gasteiger partial charge on any atom is -0.364 e. The molecular formula is C14H14N2O. The first-order chi connectivity index (χ1) is 8.20. The predicted molar refractivity (Wildman–Crippen MR) is 67.6 cm³/mol. The number of benzene rings is 1. The zero-order valence-electron chi connectivity index (χ0n) is 9.68. The number of amides is 1. The molecule has 0 radical (unpaired) electrons. The fraction of sp³-hybridized carbons (Fsp3) is 0.143. The van der Waals surface area contributed by atoms with Crippen molar-refractivity contribution >= 4 is 5.91 Å². The van der Waals surface area contributed by atoms with Crippen LogP contribution in [0.2, 0.25) is 0 Å². The van der Waals surface area contributed by atoms with Crippen LogP contribution in [0.1, 0.15) is 23.0 Å². The van der Waals surface area contributed by atoms with Gasteiger partial charge in [-0.3, -0.25) is 9.78 Å². The Balaban J connectivity index is 2.29. The monoisotopic (exact) mass is 226 g/mol. The summed E-state index contributed by atoms with van der Waals surface area (Å²) in [4.78, 5) is 14.9. The molecule has 1 heterocycles. The summed E-state index contributed by atoms with van der Waals surface area (Å²) in [5.74, 6) is -0.502. The van der Waals surface area contributed by atoms with Gasteiger partial charge in [0, 0.05) is 11.8 Å². The molecule has 2 N–H and O–H groups in total. The molecule has 3 heteroatoms. The van der Waals surface area contributed by atoms with Crippen molar-refractivity contribution in [2.75, 3.05) is 0 Å². The lowest BCUT2D eigenvalue weighted by Gasteiger charge is -2.03. The lowest BCUT2D eigenvalue weighted by atomic mass is 10.0. The molecule has 17 heavy (non-hydrogen) atoms. The van der Waals surface area contributed by atoms with Crippen LogP contribution in [0.3, 0.4) is 0 Å². The van der Waals surface area contributed by atoms with Crippen LogP contribution in [-0.4, -0.2) is 10.9 Å². The van der Waals surface area contributed by atoms with Gasteiger partial charge in [-0.25, -0.2) is 0 Å². The Morgan fingerprint density at radius 3 is 2.24 bits per heavy atom. The number of primary amides is 1. The normalized spacial score (nSPS) is 10.2. The van der Waals surface area contributed by atoms with Crippen LogP contribution in [0.5, 0.6) is 0 Å². The van der Waals surface area contributed by atoms with Crippen LogP contribution in [0.4, 0.5) is 0 Å². The number of pyridine rings is 1. The van der Waals surface area contributed by atoms with Crippen LogP contribution < -0.4 is 5.73 Å². The fourth-order valence-corrected chi connectivity index (χ4v) is 1.64. The number of aromatic nitrogens is 1. The van der Waals surface area contributed by atoms with Gasteiger partial charge >= 0.3 is 0 Å². The summed E-state index contributed by atoms with van der Waals surface area (Å²) < 4.78 is 0. The van der Waals surface area contributed by atoms with E-state index in [1.807, 2.05) is 6.07 Å². The molecule has 0 aliphatic rings. The van der Waals surface area contributed by atoms with Gasteiger partial charge in [-0.1, -0.05) is 37.3 Å². The van der Waals surface area contributed by atoms with Gasteiger partial charge in [-0.2, -0.15) is 0 Å². The molecule has 1 aromatic carbocycles. The van der Waals surface area contributed by atoms with Crippen LogP contribution in [0, 0.1) is 0 Å². The van der Waals surface area contributed by atoms with Crippen LogP contribution in [-0.2, 0) is 6.42 Å². The van der Waals surface area contributed by atoms with Gasteiger partial charge in [0.1, 0.15) is 5.69 Å². The molecule has 86 valence electrons. The molecule has 0 saturated carbocycles. The Morgan fingerprint density at radius 1 is 1.12 bits per heavy atom. The van der Waals surface area contributed by atoms with Crippen molar-refractivity contribution in [3.8, 4) is 11.1 Å². The highest BCUT2D eigenvalue weighted by atomic mass is 16.1. The molecule has 0 bridgehead atoms. The number of rotatable bonds is 3. The first-order valence-corrected chi connectivity index (χ1v) is 5.56. The first-order valence-electron chi connectivity index (χ1n) is 5.56. The average Bonchev–Trinajstić information content (AvgIpc) is 2.39. The maximum Gasteiger partial charge on any atom is 0.267 e. The van der Waals surface area contributed by atoms with Gasteiger partial charge in [0.25, 0.3) is 5.91 Å². The fourth-order valence-electron chi connectivity index (χ4n) is 1.64. The highest BCUT2D eigenvalue weighted by Crippen LogP contribution is 2.19. The molecule has 3 nitrogen and oxygen atoms in total. The minimum absolute atomic E-state index is 0.291. The van der Waals surface area contributed by atoms with E-state index in [2.05, 4.69) is 36.2 Å². The van der Waals surface area contributed by atoms with E-state index in [4.69, 9.17) is 5.73 Å². The van der Waals surface area contributed by atoms with Crippen LogP contribution >= 0.6 is 0 Å². The zero-order chi connectivity index (χ0) is 12.3. The molecule has 0 fully saturated rings. The van der Waals surface area contributed by atoms with E-state index in [1.54, 1.807) is 12.3 Å². The smallest absolute Gasteiger partial charge is 0.267 e. The molecule has 2 rings (SSSR count). The Labute approximate surface area is 100 Å². The van der Waals surface area contributed by atoms with E-state index >= 15 is 0 Å². The number of nitrogens with two attached hydrogens (primary N) is 1. The summed E-state index contributed by atoms with van der Waals surface area (Å²) in [6.45, 7) is 2.12. The van der Waals surface area contributed by atoms with Gasteiger partial charge in [0.05, 0.1) is 0 Å². The number of hydrogen-bond donors (Lipinski definition) is 1. The van der Waals surface area contributed by atoms with Gasteiger partial charge in [0.2, 0.25) is 0 Å². The molecule has 0 aliphatic heterocycles. The third-order valence-corrected chi connectivity index (χ3v) is 2.71. The molecule has 0 unspecified atom stereocenters. The zero-order valence-corrected chi connectivity index (χ0v) is 9.68. The number of nitrogens with zero attached hydrogens (tertiary/aromatic N) is 1. The number of hydrogen-bond acceptors (Lipinski definition) is 2. The lowest BCUT2D eigenvalue weighted by Crippen LogP contribution is -2.12. The predicted octanol–water partition coefficient (Wildman–Crippen LogP) is 2.41. The van der Waals surface area contributed by atoms with Crippen molar-refractivity contribution in [2.24, 2.45) is 5.73 Å². The maximum atomic E-state index is 10.9. The van der Waals surface area contributed by atoms with E-state index in [1.165, 1.54) is 5.56 Å². The summed E-state index contributed by atoms with van der Waals surface area (Å²) in [6, 6.07) is 11.8. The molecule has 0 saturated heterocycles. The van der Waals surface area contributed by atoms with Crippen LogP contribution in [0.15, 0.2) is 42.6 Å². The average molecular weight is 226 g/mol. The second kappa shape index (κ2) is 4.78. The molecule has 0 aliphatic carbocycles. The van der Waals surface area contributed by atoms with E-state index in [-0.39, 0.29) is 0 Å². The van der Waals surface area contributed by atoms with Crippen molar-refractivity contribution in [1.82, 2.24) is 4.98 Å². The summed E-state index contributed by atoms with van der Waals surface area (Å²) in [7, 11) is 0. The third-order valence-electron chi connectivity index (χ3n) is 2.71. The van der Waals surface area contributed by atoms with Gasteiger partial charge in [-0.15, -0.1) is 0 Å². The largest absolute Gasteiger partial charge is 0.364 e. The molecule has 0 spiro atoms. The van der Waals surface area contributed by atoms with E-state index in [0.717, 1.165) is 17.5 Å². The highest BCUT2D eigenvalue weighted by Gasteiger charge is 2.02. The van der Waals surface area contributed by atoms with Gasteiger partial charge in [-0.05, 0) is 23.6 Å². The van der Waals surface area contributed by atoms with Crippen molar-refractivity contribution in [3.05, 3.63) is 53.9 Å². The minimum atomic E-state index is -0.502. The summed E-state index contributed by atoms with van der Waals surface area (Å²) in [5, 5.41) is 0. The summed E-state index contributed by atoms with van der Waals surface area (Å²) in [6.07, 6.45) is 2.69. The Morgan fingerprint density at radius 2 is 1.76 bits per heavy atom. The second-order valence-electron chi connectivity index (χ2n) is 3.85. The highest BCUT2D eigenvalue weighted by molar-refractivity contribution is 5.91. The molecule has 1 amide bonds. The Kier molecular flexibility index (Phi) is 3.19. The van der Waals surface area contributed by atoms with Crippen molar-refractivity contribution in [2.45, 2.75) is 13.3 Å². The lowest BCUT2D eigenvalue weighted by molar-refractivity contribution is 0.0995. The van der Waals surface area contributed by atoms with Crippen molar-refractivity contribution < 1.29 is 4.79 Å². The quantitative estimate of drug-likeness (QED) is 0.873. The van der Waals surface area contributed by atoms with E-state index in [0.29, 0.717) is 5.69 Å².